The van der Waals surface area contributed by atoms with E-state index < -0.39 is 12.1 Å². The van der Waals surface area contributed by atoms with E-state index in [9.17, 15) is 9.59 Å². The molecule has 0 aliphatic heterocycles. The van der Waals surface area contributed by atoms with Gasteiger partial charge in [-0.05, 0) is 36.6 Å². The van der Waals surface area contributed by atoms with Gasteiger partial charge in [-0.15, -0.1) is 0 Å². The van der Waals surface area contributed by atoms with Gasteiger partial charge in [0.1, 0.15) is 0 Å². The van der Waals surface area contributed by atoms with E-state index in [1.165, 1.54) is 20.3 Å². The normalized spacial score (nSPS) is 11.5. The van der Waals surface area contributed by atoms with Crippen molar-refractivity contribution in [1.29, 1.82) is 0 Å². The predicted molar refractivity (Wildman–Crippen MR) is 107 cm³/mol. The number of carbonyl (C=O) groups is 2. The Labute approximate surface area is 163 Å². The van der Waals surface area contributed by atoms with Crippen molar-refractivity contribution in [3.8, 4) is 11.5 Å². The zero-order valence-corrected chi connectivity index (χ0v) is 15.9. The summed E-state index contributed by atoms with van der Waals surface area (Å²) in [4.78, 5) is 24.3. The van der Waals surface area contributed by atoms with E-state index >= 15 is 0 Å². The number of amides is 1. The molecule has 0 spiro atoms. The summed E-state index contributed by atoms with van der Waals surface area (Å²) in [5.74, 6) is -0.0783. The number of methoxy groups -OCH3 is 2. The molecule has 28 heavy (non-hydrogen) atoms. The zero-order valence-electron chi connectivity index (χ0n) is 15.9. The van der Waals surface area contributed by atoms with Crippen LogP contribution in [-0.2, 0) is 9.53 Å². The molecule has 3 rings (SSSR count). The molecule has 3 aromatic carbocycles. The summed E-state index contributed by atoms with van der Waals surface area (Å²) in [5.41, 5.74) is 1.05. The van der Waals surface area contributed by atoms with Gasteiger partial charge in [-0.2, -0.15) is 0 Å². The average molecular weight is 379 g/mol. The van der Waals surface area contributed by atoms with Crippen LogP contribution in [0.25, 0.3) is 10.8 Å². The van der Waals surface area contributed by atoms with E-state index in [-0.39, 0.29) is 5.91 Å². The van der Waals surface area contributed by atoms with Gasteiger partial charge < -0.3 is 19.5 Å². The molecule has 144 valence electrons. The van der Waals surface area contributed by atoms with Gasteiger partial charge in [0.2, 0.25) is 0 Å². The lowest BCUT2D eigenvalue weighted by atomic mass is 10.1. The third kappa shape index (κ3) is 4.06. The number of ether oxygens (including phenoxy) is 3. The topological polar surface area (TPSA) is 73.9 Å². The van der Waals surface area contributed by atoms with Crippen molar-refractivity contribution in [2.24, 2.45) is 0 Å². The van der Waals surface area contributed by atoms with Crippen LogP contribution in [0.3, 0.4) is 0 Å². The molecule has 0 aromatic heterocycles. The van der Waals surface area contributed by atoms with Gasteiger partial charge in [-0.1, -0.05) is 36.4 Å². The lowest BCUT2D eigenvalue weighted by Gasteiger charge is -2.18. The first kappa shape index (κ1) is 19.2. The van der Waals surface area contributed by atoms with Crippen molar-refractivity contribution in [1.82, 2.24) is 0 Å². The fourth-order valence-electron chi connectivity index (χ4n) is 2.82. The van der Waals surface area contributed by atoms with Crippen LogP contribution in [0.15, 0.2) is 60.7 Å². The highest BCUT2D eigenvalue weighted by atomic mass is 16.5. The summed E-state index contributed by atoms with van der Waals surface area (Å²) < 4.78 is 15.7. The van der Waals surface area contributed by atoms with Crippen LogP contribution in [0, 0.1) is 0 Å². The van der Waals surface area contributed by atoms with Crippen molar-refractivity contribution in [3.63, 3.8) is 0 Å². The highest BCUT2D eigenvalue weighted by molar-refractivity contribution is 6.03. The van der Waals surface area contributed by atoms with Gasteiger partial charge in [0.15, 0.2) is 17.6 Å². The van der Waals surface area contributed by atoms with Crippen molar-refractivity contribution >= 4 is 28.3 Å². The van der Waals surface area contributed by atoms with Gasteiger partial charge in [-0.3, -0.25) is 4.79 Å². The second-order valence-corrected chi connectivity index (χ2v) is 6.13. The first-order valence-electron chi connectivity index (χ1n) is 8.75. The number of fused-ring (bicyclic) bond motifs is 1. The predicted octanol–water partition coefficient (Wildman–Crippen LogP) is 4.04. The third-order valence-electron chi connectivity index (χ3n) is 4.31. The van der Waals surface area contributed by atoms with Gasteiger partial charge in [0, 0.05) is 11.1 Å². The minimum Gasteiger partial charge on any atom is -0.493 e. The van der Waals surface area contributed by atoms with Crippen molar-refractivity contribution < 1.29 is 23.8 Å². The van der Waals surface area contributed by atoms with Crippen molar-refractivity contribution in [3.05, 3.63) is 66.2 Å². The number of hydrogen-bond donors (Lipinski definition) is 1. The molecule has 0 bridgehead atoms. The van der Waals surface area contributed by atoms with Crippen LogP contribution in [0.4, 0.5) is 5.69 Å². The summed E-state index contributed by atoms with van der Waals surface area (Å²) in [6, 6.07) is 18.2. The first-order valence-corrected chi connectivity index (χ1v) is 8.75. The van der Waals surface area contributed by atoms with E-state index in [1.54, 1.807) is 19.1 Å². The van der Waals surface area contributed by atoms with Gasteiger partial charge in [0.05, 0.1) is 19.8 Å². The highest BCUT2D eigenvalue weighted by Crippen LogP contribution is 2.30. The van der Waals surface area contributed by atoms with Crippen LogP contribution in [0.5, 0.6) is 11.5 Å². The van der Waals surface area contributed by atoms with Crippen LogP contribution in [0.1, 0.15) is 17.3 Å². The Morgan fingerprint density at radius 3 is 2.43 bits per heavy atom. The molecule has 3 aromatic rings. The summed E-state index contributed by atoms with van der Waals surface area (Å²) >= 11 is 0. The quantitative estimate of drug-likeness (QED) is 0.654. The molecule has 6 nitrogen and oxygen atoms in total. The molecular weight excluding hydrogens is 358 g/mol. The molecule has 0 saturated carbocycles. The van der Waals surface area contributed by atoms with Crippen LogP contribution in [0.2, 0.25) is 0 Å². The summed E-state index contributed by atoms with van der Waals surface area (Å²) in [7, 11) is 2.77. The lowest BCUT2D eigenvalue weighted by Crippen LogP contribution is -2.30. The SMILES string of the molecule is COC(=O)c1ccc(OC(C)C(=O)Nc2cccc3ccccc23)c(OC)c1. The Balaban J connectivity index is 1.76. The van der Waals surface area contributed by atoms with Crippen molar-refractivity contribution in [2.45, 2.75) is 13.0 Å². The Morgan fingerprint density at radius 1 is 0.929 bits per heavy atom. The fourth-order valence-corrected chi connectivity index (χ4v) is 2.82. The molecule has 0 fully saturated rings. The Hall–Kier alpha value is -3.54. The van der Waals surface area contributed by atoms with Crippen LogP contribution >= 0.6 is 0 Å². The average Bonchev–Trinajstić information content (AvgIpc) is 2.73. The van der Waals surface area contributed by atoms with Gasteiger partial charge in [0.25, 0.3) is 5.91 Å². The van der Waals surface area contributed by atoms with E-state index in [0.717, 1.165) is 10.8 Å². The molecule has 6 heteroatoms. The number of anilines is 1. The van der Waals surface area contributed by atoms with Crippen LogP contribution in [-0.4, -0.2) is 32.2 Å². The van der Waals surface area contributed by atoms with E-state index in [4.69, 9.17) is 14.2 Å². The molecule has 0 aliphatic rings. The second kappa shape index (κ2) is 8.43. The molecule has 1 N–H and O–H groups in total. The third-order valence-corrected chi connectivity index (χ3v) is 4.31. The van der Waals surface area contributed by atoms with E-state index in [0.29, 0.717) is 22.7 Å². The summed E-state index contributed by atoms with van der Waals surface area (Å²) in [6.45, 7) is 1.65. The Bertz CT molecular complexity index is 1010. The minimum absolute atomic E-state index is 0.296. The zero-order chi connectivity index (χ0) is 20.1. The maximum absolute atomic E-state index is 12.6. The molecule has 0 radical (unpaired) electrons. The second-order valence-electron chi connectivity index (χ2n) is 6.13. The number of benzene rings is 3. The first-order chi connectivity index (χ1) is 13.5. The molecular formula is C22H21NO5. The smallest absolute Gasteiger partial charge is 0.337 e. The number of esters is 1. The Kier molecular flexibility index (Phi) is 5.79. The molecule has 0 aliphatic carbocycles. The fraction of sp³-hybridized carbons (Fsp3) is 0.182. The lowest BCUT2D eigenvalue weighted by molar-refractivity contribution is -0.122. The van der Waals surface area contributed by atoms with E-state index in [2.05, 4.69) is 5.32 Å². The van der Waals surface area contributed by atoms with Gasteiger partial charge in [-0.25, -0.2) is 4.79 Å². The van der Waals surface area contributed by atoms with Crippen LogP contribution < -0.4 is 14.8 Å². The molecule has 1 unspecified atom stereocenters. The monoisotopic (exact) mass is 379 g/mol. The number of nitrogens with one attached hydrogen (secondary N) is 1. The number of rotatable bonds is 6. The number of hydrogen-bond acceptors (Lipinski definition) is 5. The molecule has 0 saturated heterocycles. The molecule has 1 amide bonds. The highest BCUT2D eigenvalue weighted by Gasteiger charge is 2.19. The molecule has 1 atom stereocenters. The maximum Gasteiger partial charge on any atom is 0.337 e. The van der Waals surface area contributed by atoms with Crippen molar-refractivity contribution in [2.75, 3.05) is 19.5 Å². The van der Waals surface area contributed by atoms with Gasteiger partial charge >= 0.3 is 5.97 Å². The maximum atomic E-state index is 12.6. The standard InChI is InChI=1S/C22H21NO5/c1-14(28-19-12-11-16(22(25)27-3)13-20(19)26-2)21(24)23-18-10-6-8-15-7-4-5-9-17(15)18/h4-14H,1-3H3,(H,23,24). The number of carbonyl (C=O) groups excluding carboxylic acids is 2. The summed E-state index contributed by atoms with van der Waals surface area (Å²) in [5, 5.41) is 4.89. The molecule has 0 heterocycles. The minimum atomic E-state index is -0.781. The largest absolute Gasteiger partial charge is 0.493 e. The Morgan fingerprint density at radius 2 is 1.68 bits per heavy atom. The van der Waals surface area contributed by atoms with E-state index in [1.807, 2.05) is 42.5 Å². The summed E-state index contributed by atoms with van der Waals surface area (Å²) in [6.07, 6.45) is -0.781.